The quantitative estimate of drug-likeness (QED) is 0.592. The Balaban J connectivity index is 1.84. The SMILES string of the molecule is CCN1CCN(C(=O)[C@@H](Cc2ccccc2)NC(=O)c2ccc(Cl)c(S(=O)(=O)N(C)C)c2)CC1. The number of rotatable bonds is 8. The van der Waals surface area contributed by atoms with E-state index in [0.29, 0.717) is 19.5 Å². The average Bonchev–Trinajstić information content (AvgIpc) is 2.83. The normalized spacial score (nSPS) is 15.9. The molecule has 0 spiro atoms. The maximum absolute atomic E-state index is 13.4. The first-order valence-electron chi connectivity index (χ1n) is 11.2. The number of likely N-dealkylation sites (N-methyl/N-ethyl adjacent to an activating group) is 1. The first-order valence-corrected chi connectivity index (χ1v) is 13.0. The molecule has 1 aliphatic rings. The predicted molar refractivity (Wildman–Crippen MR) is 132 cm³/mol. The maximum atomic E-state index is 13.4. The van der Waals surface area contributed by atoms with Crippen LogP contribution in [0.15, 0.2) is 53.4 Å². The van der Waals surface area contributed by atoms with Crippen LogP contribution in [0.2, 0.25) is 5.02 Å². The van der Waals surface area contributed by atoms with Crippen LogP contribution in [0.4, 0.5) is 0 Å². The summed E-state index contributed by atoms with van der Waals surface area (Å²) in [7, 11) is -1.05. The summed E-state index contributed by atoms with van der Waals surface area (Å²) >= 11 is 6.12. The van der Waals surface area contributed by atoms with E-state index in [1.165, 1.54) is 32.3 Å². The summed E-state index contributed by atoms with van der Waals surface area (Å²) in [6.07, 6.45) is 0.329. The second-order valence-corrected chi connectivity index (χ2v) is 10.9. The van der Waals surface area contributed by atoms with Crippen LogP contribution in [0.5, 0.6) is 0 Å². The van der Waals surface area contributed by atoms with Gasteiger partial charge in [-0.15, -0.1) is 0 Å². The van der Waals surface area contributed by atoms with Crippen molar-refractivity contribution in [3.8, 4) is 0 Å². The van der Waals surface area contributed by atoms with Gasteiger partial charge in [0.25, 0.3) is 5.91 Å². The molecule has 184 valence electrons. The third kappa shape index (κ3) is 6.15. The third-order valence-corrected chi connectivity index (χ3v) is 8.27. The summed E-state index contributed by atoms with van der Waals surface area (Å²) in [5.74, 6) is -0.684. The molecule has 10 heteroatoms. The standard InChI is InChI=1S/C24H31ClN4O4S/c1-4-28-12-14-29(15-13-28)24(31)21(16-18-8-6-5-7-9-18)26-23(30)19-10-11-20(25)22(17-19)34(32,33)27(2)3/h5-11,17,21H,4,12-16H2,1-3H3,(H,26,30)/t21-/m1/s1. The summed E-state index contributed by atoms with van der Waals surface area (Å²) in [5, 5.41) is 2.86. The molecule has 0 bridgehead atoms. The lowest BCUT2D eigenvalue weighted by molar-refractivity contribution is -0.135. The van der Waals surface area contributed by atoms with Gasteiger partial charge in [0.2, 0.25) is 15.9 Å². The number of nitrogens with zero attached hydrogens (tertiary/aromatic N) is 3. The molecule has 0 unspecified atom stereocenters. The Morgan fingerprint density at radius 3 is 2.29 bits per heavy atom. The molecule has 2 aromatic carbocycles. The molecule has 2 aromatic rings. The lowest BCUT2D eigenvalue weighted by atomic mass is 10.0. The Labute approximate surface area is 206 Å². The van der Waals surface area contributed by atoms with E-state index in [4.69, 9.17) is 11.6 Å². The largest absolute Gasteiger partial charge is 0.340 e. The van der Waals surface area contributed by atoms with Gasteiger partial charge in [-0.1, -0.05) is 48.9 Å². The molecule has 0 radical (unpaired) electrons. The zero-order valence-corrected chi connectivity index (χ0v) is 21.3. The zero-order valence-electron chi connectivity index (χ0n) is 19.7. The van der Waals surface area contributed by atoms with Gasteiger partial charge in [-0.05, 0) is 30.3 Å². The van der Waals surface area contributed by atoms with Gasteiger partial charge in [-0.3, -0.25) is 9.59 Å². The Kier molecular flexibility index (Phi) is 8.70. The van der Waals surface area contributed by atoms with E-state index in [-0.39, 0.29) is 21.4 Å². The number of hydrogen-bond acceptors (Lipinski definition) is 5. The zero-order chi connectivity index (χ0) is 24.9. The van der Waals surface area contributed by atoms with Crippen LogP contribution < -0.4 is 5.32 Å². The van der Waals surface area contributed by atoms with E-state index in [1.54, 1.807) is 4.90 Å². The number of piperazine rings is 1. The minimum atomic E-state index is -3.84. The van der Waals surface area contributed by atoms with Crippen LogP contribution in [0.1, 0.15) is 22.8 Å². The van der Waals surface area contributed by atoms with E-state index < -0.39 is 22.0 Å². The van der Waals surface area contributed by atoms with Crippen molar-refractivity contribution in [2.45, 2.75) is 24.3 Å². The Hall–Kier alpha value is -2.46. The van der Waals surface area contributed by atoms with Crippen molar-refractivity contribution in [1.29, 1.82) is 0 Å². The second-order valence-electron chi connectivity index (χ2n) is 8.41. The molecular weight excluding hydrogens is 476 g/mol. The molecule has 2 amide bonds. The molecule has 0 saturated carbocycles. The van der Waals surface area contributed by atoms with Crippen LogP contribution >= 0.6 is 11.6 Å². The molecule has 1 atom stereocenters. The summed E-state index contributed by atoms with van der Waals surface area (Å²) in [6.45, 7) is 5.79. The Morgan fingerprint density at radius 2 is 1.71 bits per heavy atom. The first-order chi connectivity index (χ1) is 16.1. The molecule has 1 N–H and O–H groups in total. The highest BCUT2D eigenvalue weighted by Crippen LogP contribution is 2.25. The number of sulfonamides is 1. The lowest BCUT2D eigenvalue weighted by Crippen LogP contribution is -2.55. The van der Waals surface area contributed by atoms with Crippen molar-refractivity contribution < 1.29 is 18.0 Å². The predicted octanol–water partition coefficient (Wildman–Crippen LogP) is 2.10. The van der Waals surface area contributed by atoms with Gasteiger partial charge < -0.3 is 15.1 Å². The molecule has 0 aliphatic carbocycles. The minimum Gasteiger partial charge on any atom is -0.340 e. The number of halogens is 1. The van der Waals surface area contributed by atoms with Crippen molar-refractivity contribution in [2.24, 2.45) is 0 Å². The van der Waals surface area contributed by atoms with Gasteiger partial charge >= 0.3 is 0 Å². The van der Waals surface area contributed by atoms with Crippen molar-refractivity contribution in [2.75, 3.05) is 46.8 Å². The molecular formula is C24H31ClN4O4S. The highest BCUT2D eigenvalue weighted by molar-refractivity contribution is 7.89. The smallest absolute Gasteiger partial charge is 0.251 e. The highest BCUT2D eigenvalue weighted by Gasteiger charge is 2.30. The number of carbonyl (C=O) groups is 2. The lowest BCUT2D eigenvalue weighted by Gasteiger charge is -2.36. The Morgan fingerprint density at radius 1 is 1.06 bits per heavy atom. The first kappa shape index (κ1) is 26.2. The Bertz CT molecular complexity index is 1120. The van der Waals surface area contributed by atoms with Gasteiger partial charge in [-0.25, -0.2) is 12.7 Å². The molecule has 1 fully saturated rings. The summed E-state index contributed by atoms with van der Waals surface area (Å²) in [6, 6.07) is 12.8. The van der Waals surface area contributed by atoms with Gasteiger partial charge in [0, 0.05) is 52.3 Å². The van der Waals surface area contributed by atoms with E-state index in [9.17, 15) is 18.0 Å². The molecule has 8 nitrogen and oxygen atoms in total. The number of benzene rings is 2. The molecule has 0 aromatic heterocycles. The minimum absolute atomic E-state index is 0.0240. The van der Waals surface area contributed by atoms with Crippen LogP contribution in [0.25, 0.3) is 0 Å². The molecule has 1 heterocycles. The monoisotopic (exact) mass is 506 g/mol. The molecule has 1 aliphatic heterocycles. The van der Waals surface area contributed by atoms with E-state index >= 15 is 0 Å². The highest BCUT2D eigenvalue weighted by atomic mass is 35.5. The summed E-state index contributed by atoms with van der Waals surface area (Å²) in [4.78, 5) is 30.4. The number of hydrogen-bond donors (Lipinski definition) is 1. The van der Waals surface area contributed by atoms with Crippen LogP contribution in [0.3, 0.4) is 0 Å². The fourth-order valence-corrected chi connectivity index (χ4v) is 5.23. The number of carbonyl (C=O) groups excluding carboxylic acids is 2. The fraction of sp³-hybridized carbons (Fsp3) is 0.417. The fourth-order valence-electron chi connectivity index (χ4n) is 3.84. The van der Waals surface area contributed by atoms with Crippen LogP contribution in [-0.4, -0.2) is 87.2 Å². The topological polar surface area (TPSA) is 90.0 Å². The van der Waals surface area contributed by atoms with Gasteiger partial charge in [0.1, 0.15) is 10.9 Å². The molecule has 3 rings (SSSR count). The number of nitrogens with one attached hydrogen (secondary N) is 1. The van der Waals surface area contributed by atoms with Crippen LogP contribution in [-0.2, 0) is 21.2 Å². The summed E-state index contributed by atoms with van der Waals surface area (Å²) in [5.41, 5.74) is 1.03. The van der Waals surface area contributed by atoms with E-state index in [0.717, 1.165) is 29.5 Å². The maximum Gasteiger partial charge on any atom is 0.251 e. The molecule has 1 saturated heterocycles. The number of amides is 2. The van der Waals surface area contributed by atoms with E-state index in [1.807, 2.05) is 30.3 Å². The average molecular weight is 507 g/mol. The third-order valence-electron chi connectivity index (χ3n) is 5.97. The van der Waals surface area contributed by atoms with Crippen LogP contribution in [0, 0.1) is 0 Å². The van der Waals surface area contributed by atoms with Gasteiger partial charge in [0.15, 0.2) is 0 Å². The summed E-state index contributed by atoms with van der Waals surface area (Å²) < 4.78 is 26.2. The van der Waals surface area contributed by atoms with Crippen molar-refractivity contribution >= 4 is 33.4 Å². The second kappa shape index (κ2) is 11.3. The van der Waals surface area contributed by atoms with Gasteiger partial charge in [0.05, 0.1) is 5.02 Å². The van der Waals surface area contributed by atoms with E-state index in [2.05, 4.69) is 17.1 Å². The van der Waals surface area contributed by atoms with Gasteiger partial charge in [-0.2, -0.15) is 0 Å². The molecule has 34 heavy (non-hydrogen) atoms. The van der Waals surface area contributed by atoms with Crippen molar-refractivity contribution in [3.63, 3.8) is 0 Å². The van der Waals surface area contributed by atoms with Crippen molar-refractivity contribution in [3.05, 3.63) is 64.7 Å². The van der Waals surface area contributed by atoms with Crippen molar-refractivity contribution in [1.82, 2.24) is 19.4 Å².